The highest BCUT2D eigenvalue weighted by atomic mass is 35.5. The molecule has 1 saturated carbocycles. The number of fused-ring (bicyclic) bond motifs is 2. The lowest BCUT2D eigenvalue weighted by atomic mass is 10.0. The number of benzene rings is 2. The van der Waals surface area contributed by atoms with Gasteiger partial charge in [0.1, 0.15) is 5.69 Å². The third-order valence-electron chi connectivity index (χ3n) is 12.4. The topological polar surface area (TPSA) is 178 Å². The molecule has 5 aliphatic rings. The predicted octanol–water partition coefficient (Wildman–Crippen LogP) is 5.32. The zero-order chi connectivity index (χ0) is 42.9. The van der Waals surface area contributed by atoms with E-state index in [-0.39, 0.29) is 30.5 Å². The van der Waals surface area contributed by atoms with Crippen LogP contribution in [0.2, 0.25) is 5.02 Å². The van der Waals surface area contributed by atoms with Gasteiger partial charge in [-0.25, -0.2) is 14.3 Å². The third kappa shape index (κ3) is 8.54. The Hall–Kier alpha value is -6.10. The molecular formula is C45H51ClN12O4. The largest absolute Gasteiger partial charge is 0.385 e. The molecule has 5 amide bonds. The van der Waals surface area contributed by atoms with Gasteiger partial charge in [-0.05, 0) is 60.7 Å². The number of hydrogen-bond donors (Lipinski definition) is 3. The Morgan fingerprint density at radius 2 is 1.63 bits per heavy atom. The van der Waals surface area contributed by atoms with Gasteiger partial charge < -0.3 is 20.9 Å². The second-order valence-electron chi connectivity index (χ2n) is 16.5. The van der Waals surface area contributed by atoms with Crippen LogP contribution in [0.5, 0.6) is 0 Å². The van der Waals surface area contributed by atoms with E-state index in [2.05, 4.69) is 54.6 Å². The van der Waals surface area contributed by atoms with Gasteiger partial charge in [0.15, 0.2) is 11.5 Å². The SMILES string of the molecule is C1CC1.CNc1cc(N2CCc3c(-c4ccc(CN5CCN(C6CCN(C(=O)c7ccc(Cl)c(N8CCC(=O)NC8=O)c7)CC6)CC5)cn4)cccc32)nn2c(C(N)=O)cnc12. The van der Waals surface area contributed by atoms with Crippen LogP contribution < -0.4 is 26.2 Å². The molecule has 322 valence electrons. The summed E-state index contributed by atoms with van der Waals surface area (Å²) in [6.07, 6.45) is 10.7. The fourth-order valence-corrected chi connectivity index (χ4v) is 9.06. The number of pyridine rings is 1. The average molecular weight is 859 g/mol. The number of halogens is 1. The molecular weight excluding hydrogens is 808 g/mol. The normalized spacial score (nSPS) is 18.3. The molecule has 2 aromatic carbocycles. The first kappa shape index (κ1) is 41.3. The van der Waals surface area contributed by atoms with Crippen molar-refractivity contribution in [3.05, 3.63) is 94.4 Å². The van der Waals surface area contributed by atoms with Crippen LogP contribution in [0.25, 0.3) is 16.9 Å². The Kier molecular flexibility index (Phi) is 11.8. The Bertz CT molecular complexity index is 2510. The van der Waals surface area contributed by atoms with Crippen molar-refractivity contribution in [1.29, 1.82) is 0 Å². The van der Waals surface area contributed by atoms with E-state index in [4.69, 9.17) is 27.4 Å². The highest BCUT2D eigenvalue weighted by Gasteiger charge is 2.32. The van der Waals surface area contributed by atoms with E-state index in [1.807, 2.05) is 30.3 Å². The Morgan fingerprint density at radius 1 is 0.855 bits per heavy atom. The van der Waals surface area contributed by atoms with Gasteiger partial charge in [-0.1, -0.05) is 49.1 Å². The lowest BCUT2D eigenvalue weighted by molar-refractivity contribution is -0.120. The molecule has 4 aliphatic heterocycles. The number of carbonyl (C=O) groups excluding carboxylic acids is 4. The number of nitrogens with zero attached hydrogens (tertiary/aromatic N) is 9. The quantitative estimate of drug-likeness (QED) is 0.175. The van der Waals surface area contributed by atoms with Crippen molar-refractivity contribution in [2.24, 2.45) is 5.73 Å². The van der Waals surface area contributed by atoms with E-state index in [0.717, 1.165) is 81.2 Å². The maximum absolute atomic E-state index is 13.5. The van der Waals surface area contributed by atoms with E-state index >= 15 is 0 Å². The lowest BCUT2D eigenvalue weighted by Gasteiger charge is -2.42. The van der Waals surface area contributed by atoms with Crippen LogP contribution in [-0.2, 0) is 17.8 Å². The molecule has 62 heavy (non-hydrogen) atoms. The second-order valence-corrected chi connectivity index (χ2v) is 16.9. The number of primary amides is 1. The van der Waals surface area contributed by atoms with Crippen LogP contribution in [0, 0.1) is 0 Å². The zero-order valence-electron chi connectivity index (χ0n) is 34.9. The molecule has 5 aromatic rings. The predicted molar refractivity (Wildman–Crippen MR) is 238 cm³/mol. The van der Waals surface area contributed by atoms with Crippen LogP contribution in [0.1, 0.15) is 70.5 Å². The number of amides is 5. The minimum Gasteiger partial charge on any atom is -0.385 e. The second kappa shape index (κ2) is 17.7. The highest BCUT2D eigenvalue weighted by Crippen LogP contribution is 2.40. The number of nitrogens with two attached hydrogens (primary N) is 1. The summed E-state index contributed by atoms with van der Waals surface area (Å²) >= 11 is 6.42. The average Bonchev–Trinajstić information content (AvgIpc) is 4.01. The first-order valence-corrected chi connectivity index (χ1v) is 21.9. The fraction of sp³-hybridized carbons (Fsp3) is 0.400. The summed E-state index contributed by atoms with van der Waals surface area (Å²) in [5.74, 6) is -0.298. The molecule has 16 nitrogen and oxygen atoms in total. The molecule has 3 saturated heterocycles. The standard InChI is InChI=1S/C42H45ClN12O4.C3H6/c1-45-33-22-37(49-55-36(39(44)57)24-47-40(33)55)53-15-11-30-29(3-2-4-34(30)53)32-8-5-26(23-46-32)25-50-17-19-51(20-18-50)28-9-13-52(14-10-28)41(58)27-6-7-31(43)35(21-27)54-16-12-38(56)48-42(54)59;1-2-3-1/h2-8,21-24,28,45H,9-20,25H2,1H3,(H2,44,57)(H,48,56,59);1-3H2. The molecule has 1 aliphatic carbocycles. The van der Waals surface area contributed by atoms with Crippen LogP contribution in [0.3, 0.4) is 0 Å². The van der Waals surface area contributed by atoms with Gasteiger partial charge in [0.05, 0.1) is 28.3 Å². The number of likely N-dealkylation sites (tertiary alicyclic amines) is 1. The number of carbonyl (C=O) groups is 4. The lowest BCUT2D eigenvalue weighted by Crippen LogP contribution is -2.53. The highest BCUT2D eigenvalue weighted by molar-refractivity contribution is 6.34. The number of hydrogen-bond acceptors (Lipinski definition) is 11. The molecule has 0 bridgehead atoms. The summed E-state index contributed by atoms with van der Waals surface area (Å²) in [5, 5.41) is 10.6. The summed E-state index contributed by atoms with van der Waals surface area (Å²) in [7, 11) is 1.81. The number of piperazine rings is 1. The molecule has 4 N–H and O–H groups in total. The first-order chi connectivity index (χ1) is 30.1. The van der Waals surface area contributed by atoms with Gasteiger partial charge in [-0.15, -0.1) is 5.10 Å². The van der Waals surface area contributed by atoms with Crippen molar-refractivity contribution in [3.8, 4) is 11.3 Å². The molecule has 4 fully saturated rings. The van der Waals surface area contributed by atoms with Crippen molar-refractivity contribution in [2.75, 3.05) is 74.5 Å². The van der Waals surface area contributed by atoms with Crippen molar-refractivity contribution in [1.82, 2.24) is 39.6 Å². The maximum Gasteiger partial charge on any atom is 0.328 e. The molecule has 7 heterocycles. The molecule has 10 rings (SSSR count). The van der Waals surface area contributed by atoms with Crippen LogP contribution >= 0.6 is 11.6 Å². The van der Waals surface area contributed by atoms with Crippen molar-refractivity contribution in [2.45, 2.75) is 57.5 Å². The molecule has 0 unspecified atom stereocenters. The molecule has 3 aromatic heterocycles. The van der Waals surface area contributed by atoms with Crippen LogP contribution in [-0.4, -0.2) is 123 Å². The minimum absolute atomic E-state index is 0.0799. The monoisotopic (exact) mass is 858 g/mol. The van der Waals surface area contributed by atoms with Crippen molar-refractivity contribution < 1.29 is 19.2 Å². The summed E-state index contributed by atoms with van der Waals surface area (Å²) in [6, 6.07) is 17.4. The summed E-state index contributed by atoms with van der Waals surface area (Å²) in [6.45, 7) is 6.96. The van der Waals surface area contributed by atoms with E-state index < -0.39 is 11.9 Å². The number of imide groups is 1. The van der Waals surface area contributed by atoms with E-state index in [1.165, 1.54) is 46.0 Å². The number of urea groups is 1. The summed E-state index contributed by atoms with van der Waals surface area (Å²) < 4.78 is 1.51. The third-order valence-corrected chi connectivity index (χ3v) is 12.7. The number of rotatable bonds is 9. The van der Waals surface area contributed by atoms with Crippen LogP contribution in [0.15, 0.2) is 67.0 Å². The smallest absolute Gasteiger partial charge is 0.328 e. The number of piperidine rings is 1. The number of anilines is 4. The van der Waals surface area contributed by atoms with Gasteiger partial charge in [0.25, 0.3) is 11.8 Å². The van der Waals surface area contributed by atoms with Crippen molar-refractivity contribution >= 4 is 63.9 Å². The van der Waals surface area contributed by atoms with Gasteiger partial charge in [-0.3, -0.25) is 39.4 Å². The Balaban J connectivity index is 0.00000157. The number of nitrogens with one attached hydrogen (secondary N) is 2. The summed E-state index contributed by atoms with van der Waals surface area (Å²) in [4.78, 5) is 69.5. The van der Waals surface area contributed by atoms with E-state index in [9.17, 15) is 19.2 Å². The van der Waals surface area contributed by atoms with Crippen LogP contribution in [0.4, 0.5) is 27.7 Å². The molecule has 0 radical (unpaired) electrons. The maximum atomic E-state index is 13.5. The van der Waals surface area contributed by atoms with Gasteiger partial charge >= 0.3 is 6.03 Å². The van der Waals surface area contributed by atoms with Gasteiger partial charge in [0.2, 0.25) is 5.91 Å². The minimum atomic E-state index is -0.589. The number of aromatic nitrogens is 4. The van der Waals surface area contributed by atoms with Gasteiger partial charge in [0, 0.05) is 107 Å². The van der Waals surface area contributed by atoms with E-state index in [0.29, 0.717) is 46.9 Å². The fourth-order valence-electron chi connectivity index (χ4n) is 8.84. The molecule has 0 atom stereocenters. The Labute approximate surface area is 365 Å². The van der Waals surface area contributed by atoms with Gasteiger partial charge in [-0.2, -0.15) is 0 Å². The van der Waals surface area contributed by atoms with E-state index in [1.54, 1.807) is 18.2 Å². The van der Waals surface area contributed by atoms with Crippen molar-refractivity contribution in [3.63, 3.8) is 0 Å². The molecule has 17 heteroatoms. The number of imidazole rings is 1. The molecule has 0 spiro atoms. The zero-order valence-corrected chi connectivity index (χ0v) is 35.6. The Morgan fingerprint density at radius 3 is 2.32 bits per heavy atom. The first-order valence-electron chi connectivity index (χ1n) is 21.5. The summed E-state index contributed by atoms with van der Waals surface area (Å²) in [5.41, 5.74) is 13.5.